The van der Waals surface area contributed by atoms with E-state index in [4.69, 9.17) is 19.1 Å². The minimum Gasteiger partial charge on any atom is -0.479 e. The normalized spacial score (nSPS) is 25.8. The monoisotopic (exact) mass is 332 g/mol. The Kier molecular flexibility index (Phi) is 5.48. The molecule has 1 aliphatic heterocycles. The molecule has 8 nitrogen and oxygen atoms in total. The molecular weight excluding hydrogens is 316 g/mol. The summed E-state index contributed by atoms with van der Waals surface area (Å²) in [6.07, 6.45) is -3.13. The van der Waals surface area contributed by atoms with Crippen LogP contribution in [0.15, 0.2) is 30.3 Å². The van der Waals surface area contributed by atoms with Crippen LogP contribution < -0.4 is 0 Å². The van der Waals surface area contributed by atoms with Gasteiger partial charge in [0.15, 0.2) is 6.10 Å². The van der Waals surface area contributed by atoms with Crippen molar-refractivity contribution in [2.75, 3.05) is 6.61 Å². The van der Waals surface area contributed by atoms with Gasteiger partial charge in [0.05, 0.1) is 19.3 Å². The van der Waals surface area contributed by atoms with Crippen LogP contribution in [0.4, 0.5) is 0 Å². The summed E-state index contributed by atoms with van der Waals surface area (Å²) in [5.74, 6) is -1.17. The number of hydrogen-bond acceptors (Lipinski definition) is 6. The zero-order valence-corrected chi connectivity index (χ0v) is 12.3. The van der Waals surface area contributed by atoms with Gasteiger partial charge in [-0.2, -0.15) is 8.42 Å². The summed E-state index contributed by atoms with van der Waals surface area (Å²) in [6.45, 7) is -0.153. The van der Waals surface area contributed by atoms with Gasteiger partial charge in [0.25, 0.3) is 0 Å². The van der Waals surface area contributed by atoms with Crippen LogP contribution >= 0.6 is 0 Å². The van der Waals surface area contributed by atoms with Crippen LogP contribution in [0.25, 0.3) is 0 Å². The van der Waals surface area contributed by atoms with Crippen molar-refractivity contribution >= 4 is 16.4 Å². The fourth-order valence-corrected chi connectivity index (χ4v) is 2.61. The molecule has 0 aliphatic carbocycles. The average Bonchev–Trinajstić information content (AvgIpc) is 2.45. The molecule has 0 saturated carbocycles. The van der Waals surface area contributed by atoms with Gasteiger partial charge in [0, 0.05) is 6.42 Å². The van der Waals surface area contributed by atoms with Gasteiger partial charge < -0.3 is 14.6 Å². The molecule has 22 heavy (non-hydrogen) atoms. The van der Waals surface area contributed by atoms with Crippen LogP contribution in [0.2, 0.25) is 0 Å². The molecule has 1 aromatic carbocycles. The smallest absolute Gasteiger partial charge is 0.397 e. The van der Waals surface area contributed by atoms with E-state index in [2.05, 4.69) is 4.18 Å². The number of benzene rings is 1. The fourth-order valence-electron chi connectivity index (χ4n) is 2.12. The summed E-state index contributed by atoms with van der Waals surface area (Å²) in [6, 6.07) is 9.09. The highest BCUT2D eigenvalue weighted by Gasteiger charge is 2.38. The topological polar surface area (TPSA) is 119 Å². The number of carboxylic acid groups (broad SMARTS) is 1. The predicted octanol–water partition coefficient (Wildman–Crippen LogP) is 0.633. The number of aliphatic carboxylic acids is 1. The molecule has 1 saturated heterocycles. The second kappa shape index (κ2) is 7.16. The molecule has 0 aromatic heterocycles. The largest absolute Gasteiger partial charge is 0.479 e. The average molecular weight is 332 g/mol. The van der Waals surface area contributed by atoms with Crippen molar-refractivity contribution in [1.29, 1.82) is 0 Å². The highest BCUT2D eigenvalue weighted by atomic mass is 32.3. The van der Waals surface area contributed by atoms with Crippen molar-refractivity contribution in [3.8, 4) is 0 Å². The molecule has 2 unspecified atom stereocenters. The Morgan fingerprint density at radius 3 is 2.55 bits per heavy atom. The van der Waals surface area contributed by atoms with E-state index in [-0.39, 0.29) is 19.6 Å². The molecule has 2 N–H and O–H groups in total. The first kappa shape index (κ1) is 16.8. The molecule has 2 rings (SSSR count). The van der Waals surface area contributed by atoms with Gasteiger partial charge in [-0.25, -0.2) is 8.98 Å². The van der Waals surface area contributed by atoms with Crippen LogP contribution in [-0.2, 0) is 35.5 Å². The van der Waals surface area contributed by atoms with Gasteiger partial charge in [0.2, 0.25) is 0 Å². The van der Waals surface area contributed by atoms with E-state index >= 15 is 0 Å². The lowest BCUT2D eigenvalue weighted by Crippen LogP contribution is -2.47. The quantitative estimate of drug-likeness (QED) is 0.728. The van der Waals surface area contributed by atoms with E-state index in [1.165, 1.54) is 0 Å². The van der Waals surface area contributed by atoms with E-state index in [0.717, 1.165) is 5.56 Å². The zero-order valence-electron chi connectivity index (χ0n) is 11.5. The summed E-state index contributed by atoms with van der Waals surface area (Å²) >= 11 is 0. The van der Waals surface area contributed by atoms with Crippen molar-refractivity contribution < 1.29 is 36.5 Å². The van der Waals surface area contributed by atoms with Crippen LogP contribution in [0.5, 0.6) is 0 Å². The van der Waals surface area contributed by atoms with Crippen molar-refractivity contribution in [2.45, 2.75) is 31.3 Å². The minimum absolute atomic E-state index is 0.0810. The van der Waals surface area contributed by atoms with Gasteiger partial charge >= 0.3 is 16.4 Å². The number of ether oxygens (including phenoxy) is 2. The molecule has 1 aromatic rings. The molecule has 1 fully saturated rings. The number of carbonyl (C=O) groups is 1. The summed E-state index contributed by atoms with van der Waals surface area (Å²) < 4.78 is 45.5. The van der Waals surface area contributed by atoms with Gasteiger partial charge in [-0.05, 0) is 5.56 Å². The van der Waals surface area contributed by atoms with Crippen LogP contribution in [0.3, 0.4) is 0 Å². The highest BCUT2D eigenvalue weighted by molar-refractivity contribution is 7.80. The Morgan fingerprint density at radius 2 is 1.95 bits per heavy atom. The van der Waals surface area contributed by atoms with Crippen molar-refractivity contribution in [1.82, 2.24) is 0 Å². The van der Waals surface area contributed by atoms with E-state index < -0.39 is 34.7 Å². The molecule has 9 heteroatoms. The highest BCUT2D eigenvalue weighted by Crippen LogP contribution is 2.22. The van der Waals surface area contributed by atoms with Crippen molar-refractivity contribution in [2.24, 2.45) is 0 Å². The lowest BCUT2D eigenvalue weighted by Gasteiger charge is -2.33. The number of rotatable bonds is 6. The minimum atomic E-state index is -4.68. The Bertz CT molecular complexity index is 600. The molecule has 3 atom stereocenters. The summed E-state index contributed by atoms with van der Waals surface area (Å²) in [5, 5.41) is 8.97. The maximum absolute atomic E-state index is 11.0. The molecule has 0 spiro atoms. The van der Waals surface area contributed by atoms with Gasteiger partial charge in [-0.15, -0.1) is 0 Å². The van der Waals surface area contributed by atoms with E-state index in [0.29, 0.717) is 0 Å². The lowest BCUT2D eigenvalue weighted by molar-refractivity contribution is -0.173. The fraction of sp³-hybridized carbons (Fsp3) is 0.462. The Morgan fingerprint density at radius 1 is 1.27 bits per heavy atom. The molecule has 122 valence electrons. The molecule has 0 amide bonds. The van der Waals surface area contributed by atoms with E-state index in [9.17, 15) is 13.2 Å². The predicted molar refractivity (Wildman–Crippen MR) is 73.4 cm³/mol. The van der Waals surface area contributed by atoms with E-state index in [1.54, 1.807) is 0 Å². The molecular formula is C13H16O8S. The molecule has 1 heterocycles. The number of hydrogen-bond donors (Lipinski definition) is 2. The maximum atomic E-state index is 11.0. The molecule has 0 radical (unpaired) electrons. The van der Waals surface area contributed by atoms with Gasteiger partial charge in [-0.3, -0.25) is 4.55 Å². The molecule has 0 bridgehead atoms. The standard InChI is InChI=1S/C13H16O8S/c14-13(15)11-6-10(12(8-20-11)21-22(16,17)18)19-7-9-4-2-1-3-5-9/h1-5,10-12H,6-8H2,(H,14,15)(H,16,17,18)/t10-,11?,12?/m0/s1. The second-order valence-corrected chi connectivity index (χ2v) is 5.84. The molecule has 1 aliphatic rings. The van der Waals surface area contributed by atoms with Gasteiger partial charge in [-0.1, -0.05) is 30.3 Å². The maximum Gasteiger partial charge on any atom is 0.397 e. The van der Waals surface area contributed by atoms with E-state index in [1.807, 2.05) is 30.3 Å². The van der Waals surface area contributed by atoms with Crippen molar-refractivity contribution in [3.05, 3.63) is 35.9 Å². The summed E-state index contributed by atoms with van der Waals surface area (Å²) in [4.78, 5) is 11.0. The van der Waals surface area contributed by atoms with Crippen LogP contribution in [0.1, 0.15) is 12.0 Å². The SMILES string of the molecule is O=C(O)C1C[C@H](OCc2ccccc2)C(OS(=O)(=O)O)CO1. The zero-order chi connectivity index (χ0) is 16.2. The first-order chi connectivity index (χ1) is 10.3. The summed E-state index contributed by atoms with van der Waals surface area (Å²) in [5.41, 5.74) is 0.839. The Labute approximate surface area is 127 Å². The first-order valence-corrected chi connectivity index (χ1v) is 7.87. The number of carboxylic acids is 1. The van der Waals surface area contributed by atoms with Crippen LogP contribution in [0, 0.1) is 0 Å². The third kappa shape index (κ3) is 5.04. The Balaban J connectivity index is 2.04. The third-order valence-corrected chi connectivity index (χ3v) is 3.64. The Hall–Kier alpha value is -1.52. The first-order valence-electron chi connectivity index (χ1n) is 6.51. The van der Waals surface area contributed by atoms with Gasteiger partial charge in [0.1, 0.15) is 6.10 Å². The summed E-state index contributed by atoms with van der Waals surface area (Å²) in [7, 11) is -4.68. The lowest BCUT2D eigenvalue weighted by atomic mass is 10.0. The third-order valence-electron chi connectivity index (χ3n) is 3.15. The van der Waals surface area contributed by atoms with Crippen LogP contribution in [-0.4, -0.2) is 49.0 Å². The second-order valence-electron chi connectivity index (χ2n) is 4.79. The van der Waals surface area contributed by atoms with Crippen molar-refractivity contribution in [3.63, 3.8) is 0 Å².